The Hall–Kier alpha value is -2.50. The molecule has 0 aliphatic rings. The minimum atomic E-state index is -0.276. The Kier molecular flexibility index (Phi) is 4.02. The Morgan fingerprint density at radius 2 is 2.26 bits per heavy atom. The number of methoxy groups -OCH3 is 1. The molecule has 98 valence electrons. The molecular weight excluding hydrogens is 244 g/mol. The molecule has 2 aromatic rings. The lowest BCUT2D eigenvalue weighted by Crippen LogP contribution is -2.24. The topological polar surface area (TPSA) is 77.0 Å². The number of pyridine rings is 1. The Bertz CT molecular complexity index is 586. The number of hydrogen-bond acceptors (Lipinski definition) is 5. The van der Waals surface area contributed by atoms with Crippen LogP contribution in [-0.2, 0) is 6.54 Å². The molecule has 0 bridgehead atoms. The molecule has 1 N–H and O–H groups in total. The van der Waals surface area contributed by atoms with E-state index in [1.165, 1.54) is 6.20 Å². The molecule has 0 aliphatic heterocycles. The SMILES string of the molecule is COc1ncccc1CNC(=O)c1cncc(C)n1. The zero-order valence-corrected chi connectivity index (χ0v) is 10.8. The lowest BCUT2D eigenvalue weighted by Gasteiger charge is -2.08. The van der Waals surface area contributed by atoms with Gasteiger partial charge in [-0.1, -0.05) is 6.07 Å². The number of aromatic nitrogens is 3. The van der Waals surface area contributed by atoms with Crippen LogP contribution in [0.15, 0.2) is 30.7 Å². The summed E-state index contributed by atoms with van der Waals surface area (Å²) in [4.78, 5) is 24.0. The lowest BCUT2D eigenvalue weighted by molar-refractivity contribution is 0.0945. The third-order valence-electron chi connectivity index (χ3n) is 2.47. The van der Waals surface area contributed by atoms with E-state index in [9.17, 15) is 4.79 Å². The molecule has 0 unspecified atom stereocenters. The molecule has 2 heterocycles. The Morgan fingerprint density at radius 3 is 3.00 bits per heavy atom. The number of nitrogens with zero attached hydrogens (tertiary/aromatic N) is 3. The van der Waals surface area contributed by atoms with Crippen LogP contribution in [0.25, 0.3) is 0 Å². The van der Waals surface area contributed by atoms with Gasteiger partial charge < -0.3 is 10.1 Å². The first-order chi connectivity index (χ1) is 9.20. The van der Waals surface area contributed by atoms with Gasteiger partial charge in [-0.05, 0) is 13.0 Å². The molecule has 2 rings (SSSR count). The quantitative estimate of drug-likeness (QED) is 0.889. The number of carbonyl (C=O) groups excluding carboxylic acids is 1. The molecule has 0 radical (unpaired) electrons. The average molecular weight is 258 g/mol. The largest absolute Gasteiger partial charge is 0.481 e. The molecule has 19 heavy (non-hydrogen) atoms. The van der Waals surface area contributed by atoms with Gasteiger partial charge in [0.2, 0.25) is 5.88 Å². The van der Waals surface area contributed by atoms with Gasteiger partial charge in [0.25, 0.3) is 5.91 Å². The fourth-order valence-corrected chi connectivity index (χ4v) is 1.58. The van der Waals surface area contributed by atoms with Crippen molar-refractivity contribution in [2.24, 2.45) is 0 Å². The van der Waals surface area contributed by atoms with Crippen molar-refractivity contribution in [3.63, 3.8) is 0 Å². The Balaban J connectivity index is 2.04. The van der Waals surface area contributed by atoms with Gasteiger partial charge in [-0.2, -0.15) is 0 Å². The van der Waals surface area contributed by atoms with E-state index in [4.69, 9.17) is 4.74 Å². The zero-order chi connectivity index (χ0) is 13.7. The Labute approximate surface area is 110 Å². The highest BCUT2D eigenvalue weighted by atomic mass is 16.5. The summed E-state index contributed by atoms with van der Waals surface area (Å²) in [5.74, 6) is 0.222. The summed E-state index contributed by atoms with van der Waals surface area (Å²) < 4.78 is 5.11. The molecule has 6 nitrogen and oxygen atoms in total. The highest BCUT2D eigenvalue weighted by Crippen LogP contribution is 2.12. The summed E-state index contributed by atoms with van der Waals surface area (Å²) in [7, 11) is 1.54. The van der Waals surface area contributed by atoms with E-state index in [1.807, 2.05) is 6.07 Å². The summed E-state index contributed by atoms with van der Waals surface area (Å²) >= 11 is 0. The average Bonchev–Trinajstić information content (AvgIpc) is 2.45. The molecule has 6 heteroatoms. The fourth-order valence-electron chi connectivity index (χ4n) is 1.58. The van der Waals surface area contributed by atoms with Crippen molar-refractivity contribution in [2.75, 3.05) is 7.11 Å². The normalized spacial score (nSPS) is 10.0. The van der Waals surface area contributed by atoms with Crippen molar-refractivity contribution in [1.82, 2.24) is 20.3 Å². The van der Waals surface area contributed by atoms with E-state index in [0.717, 1.165) is 5.56 Å². The molecule has 2 aromatic heterocycles. The number of amides is 1. The number of carbonyl (C=O) groups is 1. The number of ether oxygens (including phenoxy) is 1. The molecule has 0 aliphatic carbocycles. The van der Waals surface area contributed by atoms with Gasteiger partial charge in [0.05, 0.1) is 19.0 Å². The van der Waals surface area contributed by atoms with Crippen LogP contribution in [0.2, 0.25) is 0 Å². The van der Waals surface area contributed by atoms with E-state index in [1.54, 1.807) is 32.5 Å². The van der Waals surface area contributed by atoms with Gasteiger partial charge in [0.15, 0.2) is 0 Å². The van der Waals surface area contributed by atoms with E-state index in [0.29, 0.717) is 23.8 Å². The number of nitrogens with one attached hydrogen (secondary N) is 1. The standard InChI is InChI=1S/C13H14N4O2/c1-9-6-14-8-11(17-9)12(18)16-7-10-4-3-5-15-13(10)19-2/h3-6,8H,7H2,1-2H3,(H,16,18). The molecule has 0 aromatic carbocycles. The molecule has 0 saturated carbocycles. The summed E-state index contributed by atoms with van der Waals surface area (Å²) in [6.45, 7) is 2.11. The van der Waals surface area contributed by atoms with E-state index in [-0.39, 0.29) is 5.91 Å². The molecule has 0 fully saturated rings. The summed E-state index contributed by atoms with van der Waals surface area (Å²) in [5.41, 5.74) is 1.80. The van der Waals surface area contributed by atoms with Crippen LogP contribution in [0.3, 0.4) is 0 Å². The van der Waals surface area contributed by atoms with Gasteiger partial charge in [-0.25, -0.2) is 9.97 Å². The molecule has 0 saturated heterocycles. The van der Waals surface area contributed by atoms with Gasteiger partial charge in [-0.3, -0.25) is 9.78 Å². The second-order valence-corrected chi connectivity index (χ2v) is 3.90. The second kappa shape index (κ2) is 5.90. The highest BCUT2D eigenvalue weighted by Gasteiger charge is 2.09. The number of hydrogen-bond donors (Lipinski definition) is 1. The summed E-state index contributed by atoms with van der Waals surface area (Å²) in [5, 5.41) is 2.76. The lowest BCUT2D eigenvalue weighted by atomic mass is 10.2. The Morgan fingerprint density at radius 1 is 1.42 bits per heavy atom. The predicted molar refractivity (Wildman–Crippen MR) is 68.7 cm³/mol. The molecule has 1 amide bonds. The first-order valence-electron chi connectivity index (χ1n) is 5.75. The van der Waals surface area contributed by atoms with Gasteiger partial charge in [0, 0.05) is 24.5 Å². The maximum atomic E-state index is 11.9. The van der Waals surface area contributed by atoms with Crippen molar-refractivity contribution in [2.45, 2.75) is 13.5 Å². The summed E-state index contributed by atoms with van der Waals surface area (Å²) in [6.07, 6.45) is 4.67. The van der Waals surface area contributed by atoms with Crippen LogP contribution in [0.4, 0.5) is 0 Å². The van der Waals surface area contributed by atoms with Crippen molar-refractivity contribution in [3.8, 4) is 5.88 Å². The minimum absolute atomic E-state index is 0.276. The molecular formula is C13H14N4O2. The fraction of sp³-hybridized carbons (Fsp3) is 0.231. The van der Waals surface area contributed by atoms with Crippen molar-refractivity contribution < 1.29 is 9.53 Å². The number of aryl methyl sites for hydroxylation is 1. The highest BCUT2D eigenvalue weighted by molar-refractivity contribution is 5.91. The van der Waals surface area contributed by atoms with Crippen molar-refractivity contribution >= 4 is 5.91 Å². The zero-order valence-electron chi connectivity index (χ0n) is 10.8. The number of rotatable bonds is 4. The summed E-state index contributed by atoms with van der Waals surface area (Å²) in [6, 6.07) is 3.63. The third kappa shape index (κ3) is 3.25. The minimum Gasteiger partial charge on any atom is -0.481 e. The van der Waals surface area contributed by atoms with Crippen LogP contribution >= 0.6 is 0 Å². The van der Waals surface area contributed by atoms with Crippen LogP contribution in [0.1, 0.15) is 21.7 Å². The van der Waals surface area contributed by atoms with Crippen LogP contribution in [-0.4, -0.2) is 28.0 Å². The second-order valence-electron chi connectivity index (χ2n) is 3.90. The maximum Gasteiger partial charge on any atom is 0.271 e. The predicted octanol–water partition coefficient (Wildman–Crippen LogP) is 1.12. The monoisotopic (exact) mass is 258 g/mol. The molecule has 0 spiro atoms. The van der Waals surface area contributed by atoms with E-state index >= 15 is 0 Å². The van der Waals surface area contributed by atoms with Crippen LogP contribution in [0.5, 0.6) is 5.88 Å². The van der Waals surface area contributed by atoms with Crippen molar-refractivity contribution in [1.29, 1.82) is 0 Å². The van der Waals surface area contributed by atoms with Gasteiger partial charge >= 0.3 is 0 Å². The molecule has 0 atom stereocenters. The third-order valence-corrected chi connectivity index (χ3v) is 2.47. The van der Waals surface area contributed by atoms with E-state index in [2.05, 4.69) is 20.3 Å². The first-order valence-corrected chi connectivity index (χ1v) is 5.75. The van der Waals surface area contributed by atoms with Gasteiger partial charge in [0.1, 0.15) is 5.69 Å². The van der Waals surface area contributed by atoms with Crippen molar-refractivity contribution in [3.05, 3.63) is 47.7 Å². The smallest absolute Gasteiger partial charge is 0.271 e. The van der Waals surface area contributed by atoms with Crippen LogP contribution < -0.4 is 10.1 Å². The van der Waals surface area contributed by atoms with Crippen LogP contribution in [0, 0.1) is 6.92 Å². The maximum absolute atomic E-state index is 11.9. The van der Waals surface area contributed by atoms with Gasteiger partial charge in [-0.15, -0.1) is 0 Å². The van der Waals surface area contributed by atoms with E-state index < -0.39 is 0 Å². The first kappa shape index (κ1) is 12.9.